The van der Waals surface area contributed by atoms with Gasteiger partial charge >= 0.3 is 11.9 Å². The van der Waals surface area contributed by atoms with Crippen molar-refractivity contribution in [2.45, 2.75) is 103 Å². The average molecular weight is 463 g/mol. The van der Waals surface area contributed by atoms with Crippen molar-refractivity contribution in [3.63, 3.8) is 0 Å². The molecular weight excluding hydrogens is 424 g/mol. The van der Waals surface area contributed by atoms with Gasteiger partial charge in [0.1, 0.15) is 0 Å². The second-order valence-corrected chi connectivity index (χ2v) is 12.8. The predicted molar refractivity (Wildman–Crippen MR) is 131 cm³/mol. The van der Waals surface area contributed by atoms with Crippen LogP contribution in [0.4, 0.5) is 0 Å². The number of carbonyl (C=O) groups is 2. The summed E-state index contributed by atoms with van der Waals surface area (Å²) in [6, 6.07) is 0. The van der Waals surface area contributed by atoms with Crippen LogP contribution in [0.15, 0.2) is 46.6 Å². The summed E-state index contributed by atoms with van der Waals surface area (Å²) in [7, 11) is 0. The maximum Gasteiger partial charge on any atom is 0.334 e. The minimum absolute atomic E-state index is 0.0274. The molecule has 4 fully saturated rings. The Labute approximate surface area is 203 Å². The molecule has 4 heteroatoms. The fourth-order valence-corrected chi connectivity index (χ4v) is 9.18. The smallest absolute Gasteiger partial charge is 0.334 e. The number of carbonyl (C=O) groups excluding carboxylic acids is 2. The van der Waals surface area contributed by atoms with Gasteiger partial charge in [0, 0.05) is 24.0 Å². The molecule has 0 unspecified atom stereocenters. The Bertz CT molecular complexity index is 1030. The molecular formula is C30H38O4. The van der Waals surface area contributed by atoms with Gasteiger partial charge in [0.15, 0.2) is 11.2 Å². The second-order valence-electron chi connectivity index (χ2n) is 12.8. The van der Waals surface area contributed by atoms with Crippen LogP contribution in [-0.4, -0.2) is 23.1 Å². The van der Waals surface area contributed by atoms with Gasteiger partial charge in [-0.15, -0.1) is 0 Å². The van der Waals surface area contributed by atoms with E-state index < -0.39 is 11.2 Å². The third kappa shape index (κ3) is 2.55. The van der Waals surface area contributed by atoms with E-state index in [-0.39, 0.29) is 22.8 Å². The van der Waals surface area contributed by atoms with Gasteiger partial charge < -0.3 is 9.47 Å². The molecule has 0 saturated heterocycles. The topological polar surface area (TPSA) is 52.6 Å². The first-order valence-corrected chi connectivity index (χ1v) is 13.2. The first-order valence-electron chi connectivity index (χ1n) is 13.2. The lowest BCUT2D eigenvalue weighted by atomic mass is 9.46. The van der Waals surface area contributed by atoms with Crippen molar-refractivity contribution >= 4 is 11.9 Å². The summed E-state index contributed by atoms with van der Waals surface area (Å²) in [6.07, 6.45) is 9.48. The van der Waals surface area contributed by atoms with Crippen LogP contribution in [0.1, 0.15) is 91.9 Å². The van der Waals surface area contributed by atoms with Crippen molar-refractivity contribution < 1.29 is 19.1 Å². The van der Waals surface area contributed by atoms with E-state index in [1.165, 1.54) is 11.1 Å². The summed E-state index contributed by atoms with van der Waals surface area (Å²) in [6.45, 7) is 17.4. The Morgan fingerprint density at radius 3 is 1.50 bits per heavy atom. The fourth-order valence-electron chi connectivity index (χ4n) is 9.18. The standard InChI is InChI=1S/C30H38O4/c1-17-9-7-11-27(5)15-29(23(13-21(17)27)19(3)25(31)33-29)30-16-28(6)12-8-10-18(2)22(28)14-24(30)20(4)26(32)34-30/h21-22H,1-2,7-16H2,3-6H3/t21-,22-,27-,28+,29+,30-/m1/s1. The highest BCUT2D eigenvalue weighted by molar-refractivity contribution is 5.96. The normalized spacial score (nSPS) is 46.0. The van der Waals surface area contributed by atoms with Crippen LogP contribution in [0, 0.1) is 22.7 Å². The molecule has 182 valence electrons. The van der Waals surface area contributed by atoms with Crippen LogP contribution in [-0.2, 0) is 19.1 Å². The van der Waals surface area contributed by atoms with Crippen LogP contribution < -0.4 is 0 Å². The molecule has 0 amide bonds. The van der Waals surface area contributed by atoms with Crippen molar-refractivity contribution in [1.29, 1.82) is 0 Å². The minimum Gasteiger partial charge on any atom is -0.446 e. The van der Waals surface area contributed by atoms with Gasteiger partial charge in [-0.25, -0.2) is 9.59 Å². The Hall–Kier alpha value is -2.10. The Morgan fingerprint density at radius 1 is 0.735 bits per heavy atom. The molecule has 2 heterocycles. The van der Waals surface area contributed by atoms with Crippen LogP contribution in [0.5, 0.6) is 0 Å². The van der Waals surface area contributed by atoms with Crippen LogP contribution in [0.3, 0.4) is 0 Å². The summed E-state index contributed by atoms with van der Waals surface area (Å²) in [5, 5.41) is 0. The maximum absolute atomic E-state index is 13.3. The van der Waals surface area contributed by atoms with E-state index in [0.29, 0.717) is 24.7 Å². The first-order chi connectivity index (χ1) is 16.0. The SMILES string of the molecule is C=C1CCC[C@@]2(C)C[C@@]3([C@]45C[C@@]6(C)CCCC(=C)[C@H]6CC4=C(C)C(=O)O5)OC(=O)C(C)=C3C[C@H]12. The quantitative estimate of drug-likeness (QED) is 0.329. The third-order valence-corrected chi connectivity index (χ3v) is 11.0. The third-order valence-electron chi connectivity index (χ3n) is 11.0. The zero-order valence-corrected chi connectivity index (χ0v) is 21.3. The first kappa shape index (κ1) is 22.4. The highest BCUT2D eigenvalue weighted by atomic mass is 16.6. The van der Waals surface area contributed by atoms with Crippen molar-refractivity contribution in [2.75, 3.05) is 0 Å². The summed E-state index contributed by atoms with van der Waals surface area (Å²) < 4.78 is 13.1. The van der Waals surface area contributed by atoms with Crippen molar-refractivity contribution in [3.05, 3.63) is 46.6 Å². The molecule has 6 aliphatic rings. The molecule has 0 aromatic heterocycles. The highest BCUT2D eigenvalue weighted by Gasteiger charge is 2.74. The van der Waals surface area contributed by atoms with Crippen LogP contribution in [0.25, 0.3) is 0 Å². The number of hydrogen-bond donors (Lipinski definition) is 0. The largest absolute Gasteiger partial charge is 0.446 e. The summed E-state index contributed by atoms with van der Waals surface area (Å²) in [5.41, 5.74) is 4.30. The molecule has 6 rings (SSSR count). The van der Waals surface area contributed by atoms with Crippen molar-refractivity contribution in [1.82, 2.24) is 0 Å². The molecule has 0 radical (unpaired) electrons. The van der Waals surface area contributed by atoms with Gasteiger partial charge in [-0.3, -0.25) is 0 Å². The summed E-state index contributed by atoms with van der Waals surface area (Å²) in [4.78, 5) is 26.5. The van der Waals surface area contributed by atoms with Crippen LogP contribution >= 0.6 is 0 Å². The molecule has 0 aromatic carbocycles. The summed E-state index contributed by atoms with van der Waals surface area (Å²) in [5.74, 6) is 0.213. The van der Waals surface area contributed by atoms with E-state index in [0.717, 1.165) is 73.7 Å². The van der Waals surface area contributed by atoms with E-state index >= 15 is 0 Å². The Balaban J connectivity index is 1.57. The number of esters is 2. The van der Waals surface area contributed by atoms with Gasteiger partial charge in [0.05, 0.1) is 0 Å². The Morgan fingerprint density at radius 2 is 1.12 bits per heavy atom. The van der Waals surface area contributed by atoms with Crippen LogP contribution in [0.2, 0.25) is 0 Å². The maximum atomic E-state index is 13.3. The van der Waals surface area contributed by atoms with E-state index in [9.17, 15) is 9.59 Å². The minimum atomic E-state index is -0.910. The zero-order valence-electron chi connectivity index (χ0n) is 21.3. The lowest BCUT2D eigenvalue weighted by Gasteiger charge is -2.61. The molecule has 4 nitrogen and oxygen atoms in total. The van der Waals surface area contributed by atoms with Crippen molar-refractivity contribution in [2.24, 2.45) is 22.7 Å². The number of allylic oxidation sites excluding steroid dienone is 2. The Kier molecular flexibility index (Phi) is 4.45. The van der Waals surface area contributed by atoms with Crippen molar-refractivity contribution in [3.8, 4) is 0 Å². The number of hydrogen-bond acceptors (Lipinski definition) is 4. The van der Waals surface area contributed by atoms with E-state index in [2.05, 4.69) is 27.0 Å². The van der Waals surface area contributed by atoms with Gasteiger partial charge in [-0.05, 0) is 99.0 Å². The molecule has 4 saturated carbocycles. The molecule has 2 aliphatic heterocycles. The van der Waals surface area contributed by atoms with Gasteiger partial charge in [-0.2, -0.15) is 0 Å². The lowest BCUT2D eigenvalue weighted by Crippen LogP contribution is -2.66. The van der Waals surface area contributed by atoms with Gasteiger partial charge in [0.2, 0.25) is 0 Å². The molecule has 6 atom stereocenters. The number of ether oxygens (including phenoxy) is 2. The highest BCUT2D eigenvalue weighted by Crippen LogP contribution is 2.70. The predicted octanol–water partition coefficient (Wildman–Crippen LogP) is 6.52. The molecule has 34 heavy (non-hydrogen) atoms. The monoisotopic (exact) mass is 462 g/mol. The molecule has 0 aromatic rings. The second kappa shape index (κ2) is 6.77. The van der Waals surface area contributed by atoms with Gasteiger partial charge in [0.25, 0.3) is 0 Å². The average Bonchev–Trinajstić information content (AvgIpc) is 3.16. The molecule has 0 bridgehead atoms. The zero-order chi connectivity index (χ0) is 24.3. The van der Waals surface area contributed by atoms with Gasteiger partial charge in [-0.1, -0.05) is 38.2 Å². The summed E-state index contributed by atoms with van der Waals surface area (Å²) >= 11 is 0. The van der Waals surface area contributed by atoms with E-state index in [4.69, 9.17) is 9.47 Å². The molecule has 0 N–H and O–H groups in total. The number of rotatable bonds is 1. The lowest BCUT2D eigenvalue weighted by molar-refractivity contribution is -0.209. The van der Waals surface area contributed by atoms with E-state index in [1.807, 2.05) is 13.8 Å². The molecule has 4 aliphatic carbocycles. The van der Waals surface area contributed by atoms with E-state index in [1.54, 1.807) is 0 Å². The molecule has 0 spiro atoms. The fraction of sp³-hybridized carbons (Fsp3) is 0.667. The number of fused-ring (bicyclic) bond motifs is 5.